The molecule has 0 aliphatic carbocycles. The Morgan fingerprint density at radius 1 is 1.22 bits per heavy atom. The SMILES string of the molecule is Cc1c[nH]c2ncc(-c3cc4c(c([C@@H]5CCCN5CC(C)(C)C(=O)O)c3)CCN(S(C)(=O)=O)C4)cc12. The summed E-state index contributed by atoms with van der Waals surface area (Å²) >= 11 is 0. The van der Waals surface area contributed by atoms with Gasteiger partial charge in [-0.15, -0.1) is 0 Å². The predicted octanol–water partition coefficient (Wildman–Crippen LogP) is 4.10. The Morgan fingerprint density at radius 3 is 2.72 bits per heavy atom. The number of rotatable bonds is 6. The van der Waals surface area contributed by atoms with Crippen molar-refractivity contribution < 1.29 is 18.3 Å². The third-order valence-corrected chi connectivity index (χ3v) is 9.02. The molecule has 2 aromatic heterocycles. The van der Waals surface area contributed by atoms with E-state index in [1.54, 1.807) is 18.2 Å². The third-order valence-electron chi connectivity index (χ3n) is 7.77. The number of aromatic nitrogens is 2. The number of aromatic amines is 1. The first-order valence-electron chi connectivity index (χ1n) is 12.5. The lowest BCUT2D eigenvalue weighted by Gasteiger charge is -2.35. The van der Waals surface area contributed by atoms with Crippen LogP contribution in [0.15, 0.2) is 30.6 Å². The lowest BCUT2D eigenvalue weighted by molar-refractivity contribution is -0.148. The number of carboxylic acids is 1. The van der Waals surface area contributed by atoms with Gasteiger partial charge in [0.25, 0.3) is 0 Å². The van der Waals surface area contributed by atoms with Crippen LogP contribution in [0.1, 0.15) is 55.0 Å². The second-order valence-electron chi connectivity index (χ2n) is 11.0. The van der Waals surface area contributed by atoms with Gasteiger partial charge in [0.1, 0.15) is 5.65 Å². The Labute approximate surface area is 212 Å². The highest BCUT2D eigenvalue weighted by Gasteiger charge is 2.37. The summed E-state index contributed by atoms with van der Waals surface area (Å²) in [4.78, 5) is 22.0. The molecule has 9 heteroatoms. The highest BCUT2D eigenvalue weighted by molar-refractivity contribution is 7.88. The number of hydrogen-bond donors (Lipinski definition) is 2. The minimum atomic E-state index is -3.31. The number of carboxylic acid groups (broad SMARTS) is 1. The molecule has 0 bridgehead atoms. The number of hydrogen-bond acceptors (Lipinski definition) is 5. The summed E-state index contributed by atoms with van der Waals surface area (Å²) in [5.41, 5.74) is 6.53. The number of carbonyl (C=O) groups is 1. The van der Waals surface area contributed by atoms with Gasteiger partial charge in [-0.05, 0) is 92.6 Å². The van der Waals surface area contributed by atoms with Gasteiger partial charge in [-0.3, -0.25) is 9.69 Å². The van der Waals surface area contributed by atoms with Crippen LogP contribution in [0.5, 0.6) is 0 Å². The topological polar surface area (TPSA) is 107 Å². The zero-order valence-electron chi connectivity index (χ0n) is 21.3. The summed E-state index contributed by atoms with van der Waals surface area (Å²) in [6.45, 7) is 7.74. The summed E-state index contributed by atoms with van der Waals surface area (Å²) in [5, 5.41) is 10.8. The molecule has 2 N–H and O–H groups in total. The van der Waals surface area contributed by atoms with Crippen LogP contribution >= 0.6 is 0 Å². The lowest BCUT2D eigenvalue weighted by Crippen LogP contribution is -2.40. The van der Waals surface area contributed by atoms with Gasteiger partial charge in [0.05, 0.1) is 11.7 Å². The van der Waals surface area contributed by atoms with Crippen molar-refractivity contribution in [1.29, 1.82) is 0 Å². The van der Waals surface area contributed by atoms with E-state index in [1.807, 2.05) is 19.3 Å². The molecule has 0 unspecified atom stereocenters. The number of sulfonamides is 1. The molecule has 0 saturated carbocycles. The number of nitrogens with zero attached hydrogens (tertiary/aromatic N) is 3. The quantitative estimate of drug-likeness (QED) is 0.517. The first kappa shape index (κ1) is 24.9. The van der Waals surface area contributed by atoms with Crippen molar-refractivity contribution in [3.63, 3.8) is 0 Å². The number of H-pyrrole nitrogens is 1. The van der Waals surface area contributed by atoms with Gasteiger partial charge in [-0.25, -0.2) is 13.4 Å². The van der Waals surface area contributed by atoms with Crippen LogP contribution in [0.25, 0.3) is 22.2 Å². The van der Waals surface area contributed by atoms with Crippen molar-refractivity contribution >= 4 is 27.0 Å². The average Bonchev–Trinajstić information content (AvgIpc) is 3.43. The van der Waals surface area contributed by atoms with Crippen molar-refractivity contribution in [3.05, 3.63) is 52.8 Å². The van der Waals surface area contributed by atoms with Gasteiger partial charge < -0.3 is 10.1 Å². The normalized spacial score (nSPS) is 19.6. The van der Waals surface area contributed by atoms with Crippen molar-refractivity contribution in [3.8, 4) is 11.1 Å². The number of aliphatic carboxylic acids is 1. The molecule has 0 amide bonds. The highest BCUT2D eigenvalue weighted by atomic mass is 32.2. The van der Waals surface area contributed by atoms with Crippen LogP contribution in [-0.2, 0) is 27.8 Å². The summed E-state index contributed by atoms with van der Waals surface area (Å²) in [6, 6.07) is 6.59. The first-order chi connectivity index (χ1) is 16.9. The Bertz CT molecular complexity index is 1440. The zero-order valence-corrected chi connectivity index (χ0v) is 22.2. The molecule has 3 aromatic rings. The monoisotopic (exact) mass is 510 g/mol. The number of benzene rings is 1. The summed E-state index contributed by atoms with van der Waals surface area (Å²) in [7, 11) is -3.31. The van der Waals surface area contributed by atoms with E-state index in [1.165, 1.54) is 17.4 Å². The molecule has 4 heterocycles. The number of fused-ring (bicyclic) bond motifs is 2. The number of nitrogens with one attached hydrogen (secondary N) is 1. The zero-order chi connectivity index (χ0) is 25.8. The smallest absolute Gasteiger partial charge is 0.310 e. The number of likely N-dealkylation sites (tertiary alicyclic amines) is 1. The van der Waals surface area contributed by atoms with Crippen LogP contribution < -0.4 is 0 Å². The van der Waals surface area contributed by atoms with E-state index in [2.05, 4.69) is 33.1 Å². The fourth-order valence-electron chi connectivity index (χ4n) is 5.69. The van der Waals surface area contributed by atoms with E-state index in [0.29, 0.717) is 26.1 Å². The largest absolute Gasteiger partial charge is 0.481 e. The average molecular weight is 511 g/mol. The van der Waals surface area contributed by atoms with E-state index < -0.39 is 21.4 Å². The summed E-state index contributed by atoms with van der Waals surface area (Å²) in [6.07, 6.45) is 7.69. The van der Waals surface area contributed by atoms with Gasteiger partial charge in [-0.2, -0.15) is 4.31 Å². The van der Waals surface area contributed by atoms with Crippen molar-refractivity contribution in [2.45, 2.75) is 52.6 Å². The Hall–Kier alpha value is -2.75. The fraction of sp³-hybridized carbons (Fsp3) is 0.481. The number of pyridine rings is 1. The molecule has 1 atom stereocenters. The Morgan fingerprint density at radius 2 is 2.00 bits per heavy atom. The first-order valence-corrected chi connectivity index (χ1v) is 14.3. The molecule has 2 aliphatic heterocycles. The van der Waals surface area contributed by atoms with Gasteiger partial charge in [-0.1, -0.05) is 0 Å². The predicted molar refractivity (Wildman–Crippen MR) is 140 cm³/mol. The van der Waals surface area contributed by atoms with Crippen molar-refractivity contribution in [2.75, 3.05) is 25.9 Å². The van der Waals surface area contributed by atoms with E-state index in [-0.39, 0.29) is 6.04 Å². The molecule has 2 aliphatic rings. The summed E-state index contributed by atoms with van der Waals surface area (Å²) in [5.74, 6) is -0.797. The molecular weight excluding hydrogens is 476 g/mol. The molecule has 8 nitrogen and oxygen atoms in total. The third kappa shape index (κ3) is 4.55. The van der Waals surface area contributed by atoms with Gasteiger partial charge in [0.15, 0.2) is 0 Å². The number of aryl methyl sites for hydroxylation is 1. The molecule has 0 radical (unpaired) electrons. The van der Waals surface area contributed by atoms with Crippen LogP contribution in [0, 0.1) is 12.3 Å². The maximum atomic E-state index is 12.4. The van der Waals surface area contributed by atoms with Gasteiger partial charge >= 0.3 is 5.97 Å². The van der Waals surface area contributed by atoms with Crippen LogP contribution in [0.2, 0.25) is 0 Å². The van der Waals surface area contributed by atoms with Gasteiger partial charge in [0, 0.05) is 49.0 Å². The Kier molecular flexibility index (Phi) is 6.21. The molecule has 1 saturated heterocycles. The van der Waals surface area contributed by atoms with E-state index in [9.17, 15) is 18.3 Å². The van der Waals surface area contributed by atoms with Crippen LogP contribution in [0.3, 0.4) is 0 Å². The van der Waals surface area contributed by atoms with E-state index >= 15 is 0 Å². The highest BCUT2D eigenvalue weighted by Crippen LogP contribution is 2.41. The van der Waals surface area contributed by atoms with E-state index in [4.69, 9.17) is 0 Å². The summed E-state index contributed by atoms with van der Waals surface area (Å²) < 4.78 is 26.3. The van der Waals surface area contributed by atoms with Crippen LogP contribution in [0.4, 0.5) is 0 Å². The molecular formula is C27H34N4O4S. The van der Waals surface area contributed by atoms with Crippen molar-refractivity contribution in [2.24, 2.45) is 5.41 Å². The maximum absolute atomic E-state index is 12.4. The molecule has 36 heavy (non-hydrogen) atoms. The minimum absolute atomic E-state index is 0.104. The fourth-order valence-corrected chi connectivity index (χ4v) is 6.49. The molecule has 1 aromatic carbocycles. The standard InChI is InChI=1S/C27H34N4O4S/c1-17-13-28-25-22(17)12-19(14-29-25)18-10-20-15-31(36(4,34)35)9-7-21(20)23(11-18)24-6-5-8-30(24)16-27(2,3)26(32)33/h10-14,24H,5-9,15-16H2,1-4H3,(H,28,29)(H,32,33)/t24-/m0/s1. The second-order valence-corrected chi connectivity index (χ2v) is 12.9. The molecule has 5 rings (SSSR count). The minimum Gasteiger partial charge on any atom is -0.481 e. The molecule has 0 spiro atoms. The van der Waals surface area contributed by atoms with Crippen molar-refractivity contribution in [1.82, 2.24) is 19.2 Å². The maximum Gasteiger partial charge on any atom is 0.310 e. The molecule has 1 fully saturated rings. The van der Waals surface area contributed by atoms with Crippen LogP contribution in [-0.4, -0.2) is 64.6 Å². The van der Waals surface area contributed by atoms with E-state index in [0.717, 1.165) is 52.7 Å². The lowest BCUT2D eigenvalue weighted by atomic mass is 9.86. The molecule has 192 valence electrons. The second kappa shape index (κ2) is 8.97. The van der Waals surface area contributed by atoms with Gasteiger partial charge in [0.2, 0.25) is 10.0 Å². The Balaban J connectivity index is 1.62.